The monoisotopic (exact) mass is 348 g/mol. The summed E-state index contributed by atoms with van der Waals surface area (Å²) in [6.07, 6.45) is 0.0130. The van der Waals surface area contributed by atoms with Crippen molar-refractivity contribution in [2.45, 2.75) is 18.8 Å². The molecule has 0 radical (unpaired) electrons. The van der Waals surface area contributed by atoms with Crippen LogP contribution in [-0.2, 0) is 14.3 Å². The summed E-state index contributed by atoms with van der Waals surface area (Å²) in [5, 5.41) is 8.83. The molecule has 0 fully saturated rings. The summed E-state index contributed by atoms with van der Waals surface area (Å²) in [7, 11) is 1.30. The van der Waals surface area contributed by atoms with Crippen LogP contribution in [0.4, 0.5) is 0 Å². The fraction of sp³-hybridized carbons (Fsp3) is 0.333. The van der Waals surface area contributed by atoms with E-state index in [-0.39, 0.29) is 18.8 Å². The Bertz CT molecular complexity index is 399. The number of ether oxygens (including phenoxy) is 1. The molecule has 1 aromatic rings. The van der Waals surface area contributed by atoms with Crippen molar-refractivity contribution in [3.05, 3.63) is 33.4 Å². The molecule has 0 amide bonds. The molecule has 0 aromatic heterocycles. The van der Waals surface area contributed by atoms with E-state index in [1.165, 1.54) is 7.11 Å². The fourth-order valence-electron chi connectivity index (χ4n) is 1.54. The normalized spacial score (nSPS) is 11.9. The van der Waals surface area contributed by atoms with Gasteiger partial charge in [-0.2, -0.15) is 0 Å². The van der Waals surface area contributed by atoms with Gasteiger partial charge in [0.15, 0.2) is 0 Å². The highest BCUT2D eigenvalue weighted by Crippen LogP contribution is 2.24. The van der Waals surface area contributed by atoms with Gasteiger partial charge in [-0.1, -0.05) is 12.1 Å². The fourth-order valence-corrected chi connectivity index (χ4v) is 1.90. The van der Waals surface area contributed by atoms with Gasteiger partial charge in [-0.25, -0.2) is 0 Å². The van der Waals surface area contributed by atoms with Gasteiger partial charge in [-0.3, -0.25) is 9.59 Å². The van der Waals surface area contributed by atoms with Crippen LogP contribution in [0.5, 0.6) is 0 Å². The maximum absolute atomic E-state index is 11.2. The minimum atomic E-state index is -0.919. The van der Waals surface area contributed by atoms with Gasteiger partial charge in [-0.15, -0.1) is 0 Å². The number of carbonyl (C=O) groups excluding carboxylic acids is 1. The summed E-state index contributed by atoms with van der Waals surface area (Å²) in [6, 6.07) is 7.47. The van der Waals surface area contributed by atoms with Crippen LogP contribution in [0.2, 0.25) is 0 Å². The number of methoxy groups -OCH3 is 1. The number of rotatable bonds is 5. The molecule has 17 heavy (non-hydrogen) atoms. The van der Waals surface area contributed by atoms with E-state index in [1.807, 2.05) is 24.3 Å². The van der Waals surface area contributed by atoms with Gasteiger partial charge >= 0.3 is 11.9 Å². The zero-order valence-electron chi connectivity index (χ0n) is 9.35. The van der Waals surface area contributed by atoms with Crippen LogP contribution >= 0.6 is 22.6 Å². The largest absolute Gasteiger partial charge is 0.481 e. The summed E-state index contributed by atoms with van der Waals surface area (Å²) in [6.45, 7) is 0. The second-order valence-electron chi connectivity index (χ2n) is 3.63. The Hall–Kier alpha value is -1.11. The number of hydrogen-bond acceptors (Lipinski definition) is 3. The van der Waals surface area contributed by atoms with Gasteiger partial charge < -0.3 is 9.84 Å². The summed E-state index contributed by atoms with van der Waals surface area (Å²) >= 11 is 2.17. The van der Waals surface area contributed by atoms with E-state index in [2.05, 4.69) is 27.3 Å². The van der Waals surface area contributed by atoms with Crippen LogP contribution in [0.1, 0.15) is 24.3 Å². The molecule has 1 atom stereocenters. The molecule has 0 aliphatic carbocycles. The molecular weight excluding hydrogens is 335 g/mol. The van der Waals surface area contributed by atoms with Gasteiger partial charge in [0.25, 0.3) is 0 Å². The van der Waals surface area contributed by atoms with E-state index in [1.54, 1.807) is 0 Å². The maximum atomic E-state index is 11.2. The van der Waals surface area contributed by atoms with E-state index >= 15 is 0 Å². The average molecular weight is 348 g/mol. The van der Waals surface area contributed by atoms with E-state index in [9.17, 15) is 9.59 Å². The standard InChI is InChI=1S/C12H13IO4/c1-17-12(16)7-9(6-11(14)15)8-2-4-10(13)5-3-8/h2-5,9H,6-7H2,1H3,(H,14,15). The van der Waals surface area contributed by atoms with Crippen molar-refractivity contribution in [3.8, 4) is 0 Å². The molecule has 1 rings (SSSR count). The Kier molecular flexibility index (Phi) is 5.40. The van der Waals surface area contributed by atoms with Crippen molar-refractivity contribution in [1.29, 1.82) is 0 Å². The molecule has 0 aliphatic rings. The molecule has 1 unspecified atom stereocenters. The molecule has 4 nitrogen and oxygen atoms in total. The molecule has 0 bridgehead atoms. The molecule has 5 heteroatoms. The van der Waals surface area contributed by atoms with Crippen LogP contribution in [-0.4, -0.2) is 24.2 Å². The lowest BCUT2D eigenvalue weighted by Gasteiger charge is -2.13. The van der Waals surface area contributed by atoms with Crippen LogP contribution in [0, 0.1) is 3.57 Å². The molecule has 92 valence electrons. The molecule has 0 saturated carbocycles. The highest BCUT2D eigenvalue weighted by molar-refractivity contribution is 14.1. The van der Waals surface area contributed by atoms with E-state index < -0.39 is 11.9 Å². The third-order valence-electron chi connectivity index (χ3n) is 2.40. The molecule has 0 heterocycles. The van der Waals surface area contributed by atoms with Gasteiger partial charge in [0, 0.05) is 9.49 Å². The molecule has 0 aliphatic heterocycles. The van der Waals surface area contributed by atoms with Crippen molar-refractivity contribution < 1.29 is 19.4 Å². The summed E-state index contributed by atoms with van der Waals surface area (Å²) in [4.78, 5) is 22.0. The van der Waals surface area contributed by atoms with Crippen LogP contribution in [0.15, 0.2) is 24.3 Å². The Morgan fingerprint density at radius 3 is 2.35 bits per heavy atom. The van der Waals surface area contributed by atoms with Gasteiger partial charge in [-0.05, 0) is 40.3 Å². The van der Waals surface area contributed by atoms with Crippen molar-refractivity contribution in [3.63, 3.8) is 0 Å². The maximum Gasteiger partial charge on any atom is 0.306 e. The molecule has 1 N–H and O–H groups in total. The Morgan fingerprint density at radius 1 is 1.29 bits per heavy atom. The first kappa shape index (κ1) is 14.0. The minimum absolute atomic E-state index is 0.0737. The zero-order valence-corrected chi connectivity index (χ0v) is 11.5. The van der Waals surface area contributed by atoms with Crippen molar-refractivity contribution in [1.82, 2.24) is 0 Å². The first-order valence-corrected chi connectivity index (χ1v) is 6.15. The van der Waals surface area contributed by atoms with Gasteiger partial charge in [0.2, 0.25) is 0 Å². The smallest absolute Gasteiger partial charge is 0.306 e. The SMILES string of the molecule is COC(=O)CC(CC(=O)O)c1ccc(I)cc1. The quantitative estimate of drug-likeness (QED) is 0.656. The number of carboxylic acid groups (broad SMARTS) is 1. The average Bonchev–Trinajstić information content (AvgIpc) is 2.28. The Labute approximate surface area is 113 Å². The number of aliphatic carboxylic acids is 1. The number of carbonyl (C=O) groups is 2. The van der Waals surface area contributed by atoms with Crippen molar-refractivity contribution in [2.24, 2.45) is 0 Å². The predicted molar refractivity (Wildman–Crippen MR) is 70.8 cm³/mol. The lowest BCUT2D eigenvalue weighted by atomic mass is 9.93. The van der Waals surface area contributed by atoms with E-state index in [0.717, 1.165) is 9.13 Å². The number of benzene rings is 1. The molecular formula is C12H13IO4. The Balaban J connectivity index is 2.85. The molecule has 1 aromatic carbocycles. The molecule has 0 saturated heterocycles. The first-order chi connectivity index (χ1) is 8.02. The van der Waals surface area contributed by atoms with Crippen LogP contribution in [0.3, 0.4) is 0 Å². The third-order valence-corrected chi connectivity index (χ3v) is 3.12. The van der Waals surface area contributed by atoms with Crippen molar-refractivity contribution >= 4 is 34.5 Å². The van der Waals surface area contributed by atoms with Crippen molar-refractivity contribution in [2.75, 3.05) is 7.11 Å². The lowest BCUT2D eigenvalue weighted by molar-refractivity contribution is -0.141. The van der Waals surface area contributed by atoms with Gasteiger partial charge in [0.1, 0.15) is 0 Å². The lowest BCUT2D eigenvalue weighted by Crippen LogP contribution is -2.12. The summed E-state index contributed by atoms with van der Waals surface area (Å²) in [5.74, 6) is -1.65. The summed E-state index contributed by atoms with van der Waals surface area (Å²) in [5.41, 5.74) is 0.846. The van der Waals surface area contributed by atoms with Crippen LogP contribution < -0.4 is 0 Å². The summed E-state index contributed by atoms with van der Waals surface area (Å²) < 4.78 is 5.64. The van der Waals surface area contributed by atoms with E-state index in [0.29, 0.717) is 0 Å². The second kappa shape index (κ2) is 6.58. The predicted octanol–water partition coefficient (Wildman–Crippen LogP) is 2.41. The number of halogens is 1. The molecule has 0 spiro atoms. The topological polar surface area (TPSA) is 63.6 Å². The number of hydrogen-bond donors (Lipinski definition) is 1. The Morgan fingerprint density at radius 2 is 1.88 bits per heavy atom. The number of esters is 1. The third kappa shape index (κ3) is 4.72. The highest BCUT2D eigenvalue weighted by atomic mass is 127. The minimum Gasteiger partial charge on any atom is -0.481 e. The number of carboxylic acids is 1. The van der Waals surface area contributed by atoms with E-state index in [4.69, 9.17) is 5.11 Å². The first-order valence-electron chi connectivity index (χ1n) is 5.07. The second-order valence-corrected chi connectivity index (χ2v) is 4.87. The zero-order chi connectivity index (χ0) is 12.8. The van der Waals surface area contributed by atoms with Gasteiger partial charge in [0.05, 0.1) is 20.0 Å². The highest BCUT2D eigenvalue weighted by Gasteiger charge is 2.19. The van der Waals surface area contributed by atoms with Crippen LogP contribution in [0.25, 0.3) is 0 Å².